The first-order valence-electron chi connectivity index (χ1n) is 3.07. The van der Waals surface area contributed by atoms with E-state index in [4.69, 9.17) is 40.5 Å². The predicted octanol–water partition coefficient (Wildman–Crippen LogP) is 0.582. The molecule has 12 heavy (non-hydrogen) atoms. The largest absolute Gasteiger partial charge is 0.330 e. The normalized spacial score (nSPS) is 13.3. The van der Waals surface area contributed by atoms with Crippen molar-refractivity contribution in [1.82, 2.24) is 4.72 Å². The predicted molar refractivity (Wildman–Crippen MR) is 50.9 cm³/mol. The van der Waals surface area contributed by atoms with Crippen molar-refractivity contribution >= 4 is 44.8 Å². The molecule has 0 aromatic carbocycles. The Labute approximate surface area is 86.4 Å². The Hall–Kier alpha value is 0.740. The molecule has 0 aliphatic heterocycles. The van der Waals surface area contributed by atoms with Gasteiger partial charge in [-0.05, 0) is 13.0 Å². The summed E-state index contributed by atoms with van der Waals surface area (Å²) in [5, 5.41) is 0. The lowest BCUT2D eigenvalue weighted by Gasteiger charge is -2.12. The van der Waals surface area contributed by atoms with Crippen molar-refractivity contribution in [3.8, 4) is 0 Å². The Morgan fingerprint density at radius 1 is 1.33 bits per heavy atom. The van der Waals surface area contributed by atoms with Gasteiger partial charge in [-0.2, -0.15) is 0 Å². The van der Waals surface area contributed by atoms with Crippen LogP contribution in [0.5, 0.6) is 0 Å². The van der Waals surface area contributed by atoms with Gasteiger partial charge in [-0.1, -0.05) is 34.8 Å². The molecule has 0 unspecified atom stereocenters. The molecule has 0 spiro atoms. The highest BCUT2D eigenvalue weighted by atomic mass is 35.6. The van der Waals surface area contributed by atoms with E-state index < -0.39 is 13.1 Å². The van der Waals surface area contributed by atoms with Gasteiger partial charge in [0.05, 0.1) is 0 Å². The second-order valence-electron chi connectivity index (χ2n) is 1.99. The molecule has 74 valence electrons. The van der Waals surface area contributed by atoms with Crippen molar-refractivity contribution in [2.24, 2.45) is 5.73 Å². The van der Waals surface area contributed by atoms with E-state index in [0.717, 1.165) is 0 Å². The van der Waals surface area contributed by atoms with Gasteiger partial charge in [0.25, 0.3) is 10.0 Å². The molecule has 0 aromatic rings. The van der Waals surface area contributed by atoms with E-state index >= 15 is 0 Å². The van der Waals surface area contributed by atoms with Crippen LogP contribution in [0, 0.1) is 0 Å². The second-order valence-corrected chi connectivity index (χ2v) is 6.85. The third kappa shape index (κ3) is 4.11. The molecule has 0 aliphatic carbocycles. The zero-order valence-corrected chi connectivity index (χ0v) is 9.14. The molecule has 4 nitrogen and oxygen atoms in total. The van der Waals surface area contributed by atoms with Crippen LogP contribution in [0.2, 0.25) is 0 Å². The number of alkyl halides is 3. The van der Waals surface area contributed by atoms with E-state index in [9.17, 15) is 8.42 Å². The van der Waals surface area contributed by atoms with Crippen LogP contribution in [0.3, 0.4) is 0 Å². The molecule has 0 rings (SSSR count). The Bertz CT molecular complexity index is 223. The van der Waals surface area contributed by atoms with Crippen LogP contribution in [-0.2, 0) is 10.0 Å². The van der Waals surface area contributed by atoms with Gasteiger partial charge in [0.15, 0.2) is 0 Å². The molecule has 0 bridgehead atoms. The molecule has 3 N–H and O–H groups in total. The van der Waals surface area contributed by atoms with E-state index in [0.29, 0.717) is 13.0 Å². The highest BCUT2D eigenvalue weighted by Crippen LogP contribution is 2.31. The smallest absolute Gasteiger partial charge is 0.306 e. The van der Waals surface area contributed by atoms with E-state index in [1.165, 1.54) is 0 Å². The molecule has 0 saturated heterocycles. The molecule has 0 amide bonds. The van der Waals surface area contributed by atoms with Crippen molar-refractivity contribution in [1.29, 1.82) is 0 Å². The standard InChI is InChI=1S/C4H9Cl3N2O2S/c5-4(6,7)12(10,11)9-3-1-2-8/h9H,1-3,8H2. The van der Waals surface area contributed by atoms with Gasteiger partial charge in [0.1, 0.15) is 0 Å². The Balaban J connectivity index is 4.08. The molecular weight excluding hydrogens is 246 g/mol. The summed E-state index contributed by atoms with van der Waals surface area (Å²) in [4.78, 5) is 0. The summed E-state index contributed by atoms with van der Waals surface area (Å²) in [7, 11) is -3.88. The average molecular weight is 256 g/mol. The maximum atomic E-state index is 11.0. The molecule has 0 fully saturated rings. The number of halogens is 3. The number of hydrogen-bond donors (Lipinski definition) is 2. The summed E-state index contributed by atoms with van der Waals surface area (Å²) >= 11 is 15.5. The number of rotatable bonds is 4. The molecule has 0 atom stereocenters. The van der Waals surface area contributed by atoms with Gasteiger partial charge in [-0.3, -0.25) is 0 Å². The highest BCUT2D eigenvalue weighted by molar-refractivity contribution is 7.95. The van der Waals surface area contributed by atoms with Gasteiger partial charge in [-0.25, -0.2) is 13.1 Å². The van der Waals surface area contributed by atoms with Crippen LogP contribution in [0.1, 0.15) is 6.42 Å². The van der Waals surface area contributed by atoms with Crippen LogP contribution in [0.4, 0.5) is 0 Å². The van der Waals surface area contributed by atoms with Gasteiger partial charge in [-0.15, -0.1) is 0 Å². The highest BCUT2D eigenvalue weighted by Gasteiger charge is 2.37. The van der Waals surface area contributed by atoms with Crippen molar-refractivity contribution in [2.75, 3.05) is 13.1 Å². The summed E-state index contributed by atoms with van der Waals surface area (Å²) in [5.74, 6) is 0. The van der Waals surface area contributed by atoms with Crippen molar-refractivity contribution < 1.29 is 8.42 Å². The molecule has 0 aromatic heterocycles. The van der Waals surface area contributed by atoms with E-state index in [1.807, 2.05) is 0 Å². The minimum Gasteiger partial charge on any atom is -0.330 e. The fourth-order valence-electron chi connectivity index (χ4n) is 0.390. The number of nitrogens with two attached hydrogens (primary N) is 1. The van der Waals surface area contributed by atoms with Crippen molar-refractivity contribution in [2.45, 2.75) is 9.55 Å². The molecule has 0 heterocycles. The minimum atomic E-state index is -3.88. The maximum absolute atomic E-state index is 11.0. The molecule has 8 heteroatoms. The van der Waals surface area contributed by atoms with Crippen molar-refractivity contribution in [3.05, 3.63) is 0 Å². The summed E-state index contributed by atoms with van der Waals surface area (Å²) < 4.78 is 21.7. The van der Waals surface area contributed by atoms with Crippen molar-refractivity contribution in [3.63, 3.8) is 0 Å². The lowest BCUT2D eigenvalue weighted by molar-refractivity contribution is 0.580. The van der Waals surface area contributed by atoms with Crippen LogP contribution in [-0.4, -0.2) is 24.6 Å². The third-order valence-corrected chi connectivity index (χ3v) is 4.00. The Kier molecular flexibility index (Phi) is 5.13. The Morgan fingerprint density at radius 3 is 2.17 bits per heavy atom. The fourth-order valence-corrected chi connectivity index (χ4v) is 1.46. The first kappa shape index (κ1) is 12.7. The van der Waals surface area contributed by atoms with E-state index in [2.05, 4.69) is 4.72 Å². The first-order valence-corrected chi connectivity index (χ1v) is 5.69. The number of hydrogen-bond acceptors (Lipinski definition) is 3. The molecule has 0 saturated carbocycles. The summed E-state index contributed by atoms with van der Waals surface area (Å²) in [6.07, 6.45) is 0.500. The lowest BCUT2D eigenvalue weighted by Crippen LogP contribution is -2.35. The summed E-state index contributed by atoms with van der Waals surface area (Å²) in [5.41, 5.74) is 5.13. The van der Waals surface area contributed by atoms with Crippen LogP contribution >= 0.6 is 34.8 Å². The summed E-state index contributed by atoms with van der Waals surface area (Å²) in [6.45, 7) is 0.551. The topological polar surface area (TPSA) is 72.2 Å². The molecule has 0 aliphatic rings. The maximum Gasteiger partial charge on any atom is 0.306 e. The fraction of sp³-hybridized carbons (Fsp3) is 1.00. The van der Waals surface area contributed by atoms with Gasteiger partial charge < -0.3 is 5.73 Å². The monoisotopic (exact) mass is 254 g/mol. The van der Waals surface area contributed by atoms with Crippen LogP contribution in [0.25, 0.3) is 0 Å². The zero-order chi connectivity index (χ0) is 9.83. The average Bonchev–Trinajstić information content (AvgIpc) is 1.85. The summed E-state index contributed by atoms with van der Waals surface area (Å²) in [6, 6.07) is 0. The van der Waals surface area contributed by atoms with E-state index in [-0.39, 0.29) is 6.54 Å². The number of sulfonamides is 1. The SMILES string of the molecule is NCCCNS(=O)(=O)C(Cl)(Cl)Cl. The first-order chi connectivity index (χ1) is 5.31. The minimum absolute atomic E-state index is 0.173. The quantitative estimate of drug-likeness (QED) is 0.570. The molecule has 0 radical (unpaired) electrons. The molecular formula is C4H9Cl3N2O2S. The van der Waals surface area contributed by atoms with Gasteiger partial charge in [0, 0.05) is 6.54 Å². The van der Waals surface area contributed by atoms with E-state index in [1.54, 1.807) is 0 Å². The van der Waals surface area contributed by atoms with Gasteiger partial charge in [0.2, 0.25) is 0 Å². The lowest BCUT2D eigenvalue weighted by atomic mass is 10.4. The van der Waals surface area contributed by atoms with Crippen LogP contribution < -0.4 is 10.5 Å². The zero-order valence-electron chi connectivity index (χ0n) is 6.06. The third-order valence-electron chi connectivity index (χ3n) is 0.978. The Morgan fingerprint density at radius 2 is 1.83 bits per heavy atom. The van der Waals surface area contributed by atoms with Crippen LogP contribution in [0.15, 0.2) is 0 Å². The number of nitrogens with one attached hydrogen (secondary N) is 1. The second kappa shape index (κ2) is 4.83. The van der Waals surface area contributed by atoms with Gasteiger partial charge >= 0.3 is 3.12 Å².